The number of sulfonamides is 1. The molecule has 1 fully saturated rings. The van der Waals surface area contributed by atoms with Gasteiger partial charge in [-0.15, -0.1) is 0 Å². The topological polar surface area (TPSA) is 75.7 Å². The lowest BCUT2D eigenvalue weighted by molar-refractivity contribution is -0.123. The average Bonchev–Trinajstić information content (AvgIpc) is 2.96. The van der Waals surface area contributed by atoms with Crippen LogP contribution in [0.4, 0.5) is 0 Å². The number of likely N-dealkylation sites (N-methyl/N-ethyl adjacent to an activating group) is 1. The molecule has 0 bridgehead atoms. The number of carbonyl (C=O) groups excluding carboxylic acids is 1. The third kappa shape index (κ3) is 3.07. The number of nitrogens with zero attached hydrogens (tertiary/aromatic N) is 1. The van der Waals surface area contributed by atoms with Crippen LogP contribution in [0, 0.1) is 0 Å². The van der Waals surface area contributed by atoms with Gasteiger partial charge < -0.3 is 10.1 Å². The van der Waals surface area contributed by atoms with Gasteiger partial charge in [-0.3, -0.25) is 4.79 Å². The molecule has 116 valence electrons. The van der Waals surface area contributed by atoms with E-state index in [0.717, 1.165) is 0 Å². The molecule has 0 aromatic heterocycles. The third-order valence-electron chi connectivity index (χ3n) is 3.47. The highest BCUT2D eigenvalue weighted by Gasteiger charge is 2.40. The van der Waals surface area contributed by atoms with Crippen LogP contribution in [0.1, 0.15) is 12.8 Å². The van der Waals surface area contributed by atoms with E-state index in [-0.39, 0.29) is 16.6 Å². The SMILES string of the molecule is CNC(=O)C1CCCN1S(=O)(=O)c1cc(Br)ccc1OC. The quantitative estimate of drug-likeness (QED) is 0.860. The minimum absolute atomic E-state index is 0.0650. The largest absolute Gasteiger partial charge is 0.495 e. The highest BCUT2D eigenvalue weighted by molar-refractivity contribution is 9.10. The summed E-state index contributed by atoms with van der Waals surface area (Å²) in [7, 11) is -0.867. The Kier molecular flexibility index (Phi) is 4.90. The molecule has 1 saturated heterocycles. The normalized spacial score (nSPS) is 19.5. The van der Waals surface area contributed by atoms with Crippen LogP contribution in [-0.4, -0.2) is 45.4 Å². The van der Waals surface area contributed by atoms with E-state index in [1.165, 1.54) is 24.5 Å². The standard InChI is InChI=1S/C13H17BrN2O4S/c1-15-13(17)10-4-3-7-16(10)21(18,19)12-8-9(14)5-6-11(12)20-2/h5-6,8,10H,3-4,7H2,1-2H3,(H,15,17). The number of halogens is 1. The lowest BCUT2D eigenvalue weighted by Crippen LogP contribution is -2.44. The van der Waals surface area contributed by atoms with Gasteiger partial charge in [0.25, 0.3) is 0 Å². The van der Waals surface area contributed by atoms with Gasteiger partial charge in [0.05, 0.1) is 7.11 Å². The fourth-order valence-electron chi connectivity index (χ4n) is 2.43. The fourth-order valence-corrected chi connectivity index (χ4v) is 4.79. The summed E-state index contributed by atoms with van der Waals surface area (Å²) in [6.07, 6.45) is 1.18. The Bertz CT molecular complexity index is 648. The van der Waals surface area contributed by atoms with Crippen molar-refractivity contribution in [3.8, 4) is 5.75 Å². The van der Waals surface area contributed by atoms with Crippen LogP contribution in [0.25, 0.3) is 0 Å². The molecule has 21 heavy (non-hydrogen) atoms. The number of rotatable bonds is 4. The van der Waals surface area contributed by atoms with Gasteiger partial charge >= 0.3 is 0 Å². The molecule has 1 atom stereocenters. The second kappa shape index (κ2) is 6.33. The van der Waals surface area contributed by atoms with Crippen molar-refractivity contribution in [2.24, 2.45) is 0 Å². The molecule has 1 heterocycles. The molecule has 1 amide bonds. The van der Waals surface area contributed by atoms with Gasteiger partial charge in [0.1, 0.15) is 16.7 Å². The van der Waals surface area contributed by atoms with Crippen molar-refractivity contribution in [1.82, 2.24) is 9.62 Å². The van der Waals surface area contributed by atoms with Gasteiger partial charge in [0.2, 0.25) is 15.9 Å². The zero-order valence-corrected chi connectivity index (χ0v) is 14.2. The minimum Gasteiger partial charge on any atom is -0.495 e. The second-order valence-corrected chi connectivity index (χ2v) is 7.46. The first-order chi connectivity index (χ1) is 9.91. The van der Waals surface area contributed by atoms with Crippen molar-refractivity contribution in [3.05, 3.63) is 22.7 Å². The molecular weight excluding hydrogens is 360 g/mol. The van der Waals surface area contributed by atoms with E-state index in [2.05, 4.69) is 21.2 Å². The summed E-state index contributed by atoms with van der Waals surface area (Å²) in [5, 5.41) is 2.51. The molecule has 8 heteroatoms. The summed E-state index contributed by atoms with van der Waals surface area (Å²) in [6, 6.07) is 4.12. The third-order valence-corrected chi connectivity index (χ3v) is 5.89. The number of hydrogen-bond acceptors (Lipinski definition) is 4. The van der Waals surface area contributed by atoms with E-state index < -0.39 is 16.1 Å². The molecule has 0 radical (unpaired) electrons. The molecule has 1 aromatic carbocycles. The molecule has 0 aliphatic carbocycles. The second-order valence-electron chi connectivity index (χ2n) is 4.68. The molecule has 2 rings (SSSR count). The predicted molar refractivity (Wildman–Crippen MR) is 81.7 cm³/mol. The summed E-state index contributed by atoms with van der Waals surface area (Å²) in [6.45, 7) is 0.329. The minimum atomic E-state index is -3.79. The van der Waals surface area contributed by atoms with Crippen LogP contribution in [-0.2, 0) is 14.8 Å². The maximum absolute atomic E-state index is 12.8. The van der Waals surface area contributed by atoms with Crippen LogP contribution in [0.15, 0.2) is 27.6 Å². The van der Waals surface area contributed by atoms with Crippen LogP contribution in [0.2, 0.25) is 0 Å². The number of methoxy groups -OCH3 is 1. The van der Waals surface area contributed by atoms with Gasteiger partial charge in [-0.05, 0) is 31.0 Å². The summed E-state index contributed by atoms with van der Waals surface area (Å²) < 4.78 is 32.7. The smallest absolute Gasteiger partial charge is 0.247 e. The fraction of sp³-hybridized carbons (Fsp3) is 0.462. The average molecular weight is 377 g/mol. The molecule has 1 aliphatic rings. The van der Waals surface area contributed by atoms with E-state index in [1.54, 1.807) is 12.1 Å². The van der Waals surface area contributed by atoms with E-state index in [4.69, 9.17) is 4.74 Å². The van der Waals surface area contributed by atoms with Crippen molar-refractivity contribution in [3.63, 3.8) is 0 Å². The molecule has 0 spiro atoms. The number of hydrogen-bond donors (Lipinski definition) is 1. The van der Waals surface area contributed by atoms with Crippen LogP contribution >= 0.6 is 15.9 Å². The van der Waals surface area contributed by atoms with Crippen molar-refractivity contribution < 1.29 is 17.9 Å². The monoisotopic (exact) mass is 376 g/mol. The van der Waals surface area contributed by atoms with Crippen molar-refractivity contribution >= 4 is 31.9 Å². The van der Waals surface area contributed by atoms with Crippen LogP contribution in [0.5, 0.6) is 5.75 Å². The highest BCUT2D eigenvalue weighted by atomic mass is 79.9. The molecular formula is C13H17BrN2O4S. The van der Waals surface area contributed by atoms with Gasteiger partial charge in [0, 0.05) is 18.1 Å². The Balaban J connectivity index is 2.47. The Hall–Kier alpha value is -1.12. The molecule has 1 unspecified atom stereocenters. The number of ether oxygens (including phenoxy) is 1. The molecule has 1 N–H and O–H groups in total. The summed E-state index contributed by atoms with van der Waals surface area (Å²) in [5.41, 5.74) is 0. The van der Waals surface area contributed by atoms with E-state index in [9.17, 15) is 13.2 Å². The molecule has 0 saturated carbocycles. The number of carbonyl (C=O) groups is 1. The zero-order chi connectivity index (χ0) is 15.6. The Morgan fingerprint density at radius 2 is 2.19 bits per heavy atom. The first-order valence-electron chi connectivity index (χ1n) is 6.48. The Morgan fingerprint density at radius 1 is 1.48 bits per heavy atom. The molecule has 1 aromatic rings. The maximum Gasteiger partial charge on any atom is 0.247 e. The van der Waals surface area contributed by atoms with E-state index in [1.807, 2.05) is 0 Å². The van der Waals surface area contributed by atoms with Crippen molar-refractivity contribution in [2.75, 3.05) is 20.7 Å². The lowest BCUT2D eigenvalue weighted by atomic mass is 10.2. The maximum atomic E-state index is 12.8. The van der Waals surface area contributed by atoms with E-state index in [0.29, 0.717) is 23.9 Å². The van der Waals surface area contributed by atoms with E-state index >= 15 is 0 Å². The Morgan fingerprint density at radius 3 is 2.81 bits per heavy atom. The van der Waals surface area contributed by atoms with Crippen molar-refractivity contribution in [2.45, 2.75) is 23.8 Å². The van der Waals surface area contributed by atoms with Gasteiger partial charge in [-0.1, -0.05) is 15.9 Å². The molecule has 1 aliphatic heterocycles. The van der Waals surface area contributed by atoms with Crippen molar-refractivity contribution in [1.29, 1.82) is 0 Å². The molecule has 6 nitrogen and oxygen atoms in total. The van der Waals surface area contributed by atoms with Crippen LogP contribution < -0.4 is 10.1 Å². The lowest BCUT2D eigenvalue weighted by Gasteiger charge is -2.23. The van der Waals surface area contributed by atoms with Gasteiger partial charge in [-0.25, -0.2) is 8.42 Å². The predicted octanol–water partition coefficient (Wildman–Crippen LogP) is 1.36. The number of amides is 1. The number of benzene rings is 1. The first kappa shape index (κ1) is 16.3. The summed E-state index contributed by atoms with van der Waals surface area (Å²) in [4.78, 5) is 11.9. The number of nitrogens with one attached hydrogen (secondary N) is 1. The van der Waals surface area contributed by atoms with Gasteiger partial charge in [0.15, 0.2) is 0 Å². The van der Waals surface area contributed by atoms with Gasteiger partial charge in [-0.2, -0.15) is 4.31 Å². The first-order valence-corrected chi connectivity index (χ1v) is 8.72. The Labute approximate surface area is 132 Å². The summed E-state index contributed by atoms with van der Waals surface area (Å²) in [5.74, 6) is -0.0224. The summed E-state index contributed by atoms with van der Waals surface area (Å²) >= 11 is 3.27. The highest BCUT2D eigenvalue weighted by Crippen LogP contribution is 2.33. The zero-order valence-electron chi connectivity index (χ0n) is 11.8. The van der Waals surface area contributed by atoms with Crippen LogP contribution in [0.3, 0.4) is 0 Å².